The molecule has 0 spiro atoms. The molecular weight excluding hydrogens is 455 g/mol. The minimum absolute atomic E-state index is 0.0685. The summed E-state index contributed by atoms with van der Waals surface area (Å²) < 4.78 is 0. The number of hydrogen-bond donors (Lipinski definition) is 1. The lowest BCUT2D eigenvalue weighted by atomic mass is 9.84. The second kappa shape index (κ2) is 9.99. The number of aliphatic hydroxyl groups excluding tert-OH is 1. The van der Waals surface area contributed by atoms with Crippen molar-refractivity contribution in [3.8, 4) is 0 Å². The number of rotatable bonds is 4. The van der Waals surface area contributed by atoms with E-state index in [9.17, 15) is 9.90 Å². The van der Waals surface area contributed by atoms with Gasteiger partial charge in [-0.3, -0.25) is 4.79 Å². The van der Waals surface area contributed by atoms with Gasteiger partial charge in [0.1, 0.15) is 6.10 Å². The molecule has 0 radical (unpaired) electrons. The summed E-state index contributed by atoms with van der Waals surface area (Å²) in [6.07, 6.45) is 4.30. The Morgan fingerprint density at radius 1 is 0.935 bits per heavy atom. The maximum atomic E-state index is 13.2. The molecule has 2 aliphatic rings. The van der Waals surface area contributed by atoms with Gasteiger partial charge in [0.15, 0.2) is 0 Å². The minimum atomic E-state index is -0.920. The Kier molecular flexibility index (Phi) is 7.33. The van der Waals surface area contributed by atoms with Crippen LogP contribution in [0.5, 0.6) is 0 Å². The molecule has 1 amide bonds. The van der Waals surface area contributed by atoms with Gasteiger partial charge in [-0.15, -0.1) is 0 Å². The first kappa shape index (κ1) is 22.7. The van der Waals surface area contributed by atoms with E-state index in [0.717, 1.165) is 36.9 Å². The first-order valence-electron chi connectivity index (χ1n) is 10.9. The predicted molar refractivity (Wildman–Crippen MR) is 127 cm³/mol. The highest BCUT2D eigenvalue weighted by Gasteiger charge is 2.36. The second-order valence-corrected chi connectivity index (χ2v) is 9.76. The molecule has 1 N–H and O–H groups in total. The number of hydrogen-bond acceptors (Lipinski definition) is 3. The van der Waals surface area contributed by atoms with E-state index < -0.39 is 6.10 Å². The summed E-state index contributed by atoms with van der Waals surface area (Å²) in [5.41, 5.74) is 1.92. The number of benzene rings is 2. The molecule has 0 aromatic heterocycles. The highest BCUT2D eigenvalue weighted by atomic mass is 35.5. The van der Waals surface area contributed by atoms with Crippen LogP contribution in [-0.2, 0) is 4.79 Å². The Hall–Kier alpha value is -1.46. The maximum Gasteiger partial charge on any atom is 0.251 e. The van der Waals surface area contributed by atoms with Crippen molar-refractivity contribution in [2.24, 2.45) is 5.92 Å². The fourth-order valence-electron chi connectivity index (χ4n) is 4.79. The molecule has 2 atom stereocenters. The molecule has 166 valence electrons. The molecule has 2 aromatic carbocycles. The van der Waals surface area contributed by atoms with Crippen LogP contribution in [0, 0.1) is 5.92 Å². The lowest BCUT2D eigenvalue weighted by Gasteiger charge is -2.44. The molecule has 2 aromatic rings. The summed E-state index contributed by atoms with van der Waals surface area (Å²) in [6, 6.07) is 13.1. The van der Waals surface area contributed by atoms with Crippen molar-refractivity contribution in [3.63, 3.8) is 0 Å². The highest BCUT2D eigenvalue weighted by Crippen LogP contribution is 2.37. The summed E-state index contributed by atoms with van der Waals surface area (Å²) in [5.74, 6) is -0.0910. The van der Waals surface area contributed by atoms with Crippen LogP contribution < -0.4 is 4.90 Å². The van der Waals surface area contributed by atoms with Gasteiger partial charge in [-0.05, 0) is 54.7 Å². The first-order valence-corrected chi connectivity index (χ1v) is 12.0. The van der Waals surface area contributed by atoms with Gasteiger partial charge in [-0.1, -0.05) is 66.2 Å². The summed E-state index contributed by atoms with van der Waals surface area (Å²) in [6.45, 7) is 1.62. The topological polar surface area (TPSA) is 43.8 Å². The second-order valence-electron chi connectivity index (χ2n) is 8.48. The Labute approximate surface area is 198 Å². The summed E-state index contributed by atoms with van der Waals surface area (Å²) in [4.78, 5) is 17.2. The minimum Gasteiger partial charge on any atom is -0.383 e. The molecule has 0 bridgehead atoms. The summed E-state index contributed by atoms with van der Waals surface area (Å²) >= 11 is 18.7. The number of nitrogens with zero attached hydrogens (tertiary/aromatic N) is 2. The van der Waals surface area contributed by atoms with Crippen molar-refractivity contribution in [2.45, 2.75) is 44.2 Å². The molecule has 1 saturated heterocycles. The van der Waals surface area contributed by atoms with Gasteiger partial charge in [0.25, 0.3) is 5.91 Å². The van der Waals surface area contributed by atoms with Gasteiger partial charge in [0.05, 0.1) is 16.8 Å². The van der Waals surface area contributed by atoms with Gasteiger partial charge in [-0.2, -0.15) is 0 Å². The third kappa shape index (κ3) is 5.14. The summed E-state index contributed by atoms with van der Waals surface area (Å²) in [5, 5.41) is 12.6. The molecular formula is C24H27Cl3N2O2. The molecule has 1 heterocycles. The number of amides is 1. The third-order valence-electron chi connectivity index (χ3n) is 6.52. The van der Waals surface area contributed by atoms with Crippen LogP contribution in [0.25, 0.3) is 0 Å². The zero-order chi connectivity index (χ0) is 22.0. The van der Waals surface area contributed by atoms with Crippen LogP contribution in [0.3, 0.4) is 0 Å². The number of aliphatic hydroxyl groups is 1. The number of halogens is 3. The molecule has 0 unspecified atom stereocenters. The Bertz CT molecular complexity index is 916. The molecule has 2 fully saturated rings. The predicted octanol–water partition coefficient (Wildman–Crippen LogP) is 5.98. The monoisotopic (exact) mass is 480 g/mol. The Morgan fingerprint density at radius 3 is 2.29 bits per heavy atom. The van der Waals surface area contributed by atoms with Gasteiger partial charge in [-0.25, -0.2) is 0 Å². The van der Waals surface area contributed by atoms with Gasteiger partial charge in [0, 0.05) is 29.7 Å². The van der Waals surface area contributed by atoms with Crippen molar-refractivity contribution in [2.75, 3.05) is 24.5 Å². The molecule has 1 aliphatic carbocycles. The van der Waals surface area contributed by atoms with Gasteiger partial charge >= 0.3 is 0 Å². The SMILES string of the molecule is O=C([C@@H](O)C1CCCCC1)N1CCN(c2ccc(Cl)cc2Cl)[C@H](c2ccc(Cl)cc2)C1. The quantitative estimate of drug-likeness (QED) is 0.584. The van der Waals surface area contributed by atoms with Crippen LogP contribution in [0.2, 0.25) is 15.1 Å². The lowest BCUT2D eigenvalue weighted by Crippen LogP contribution is -2.54. The van der Waals surface area contributed by atoms with Crippen molar-refractivity contribution in [3.05, 3.63) is 63.1 Å². The van der Waals surface area contributed by atoms with E-state index >= 15 is 0 Å². The highest BCUT2D eigenvalue weighted by molar-refractivity contribution is 6.36. The van der Waals surface area contributed by atoms with Crippen molar-refractivity contribution >= 4 is 46.4 Å². The van der Waals surface area contributed by atoms with Crippen LogP contribution in [-0.4, -0.2) is 41.7 Å². The number of carbonyl (C=O) groups excluding carboxylic acids is 1. The molecule has 1 aliphatic heterocycles. The lowest BCUT2D eigenvalue weighted by molar-refractivity contribution is -0.144. The molecule has 7 heteroatoms. The standard InChI is InChI=1S/C24H27Cl3N2O2/c25-18-8-6-16(7-9-18)22-15-28(24(31)23(30)17-4-2-1-3-5-17)12-13-29(22)21-11-10-19(26)14-20(21)27/h6-11,14,17,22-23,30H,1-5,12-13,15H2/t22-,23-/m0/s1. The van der Waals surface area contributed by atoms with E-state index in [1.807, 2.05) is 36.4 Å². The van der Waals surface area contributed by atoms with E-state index in [1.54, 1.807) is 11.0 Å². The summed E-state index contributed by atoms with van der Waals surface area (Å²) in [7, 11) is 0. The fraction of sp³-hybridized carbons (Fsp3) is 0.458. The van der Waals surface area contributed by atoms with Crippen LogP contribution in [0.15, 0.2) is 42.5 Å². The van der Waals surface area contributed by atoms with Gasteiger partial charge in [0.2, 0.25) is 0 Å². The van der Waals surface area contributed by atoms with E-state index in [0.29, 0.717) is 34.7 Å². The number of anilines is 1. The first-order chi connectivity index (χ1) is 14.9. The molecule has 4 nitrogen and oxygen atoms in total. The van der Waals surface area contributed by atoms with Crippen molar-refractivity contribution in [1.82, 2.24) is 4.90 Å². The molecule has 1 saturated carbocycles. The fourth-order valence-corrected chi connectivity index (χ4v) is 5.44. The Morgan fingerprint density at radius 2 is 1.61 bits per heavy atom. The van der Waals surface area contributed by atoms with Crippen LogP contribution in [0.1, 0.15) is 43.7 Å². The smallest absolute Gasteiger partial charge is 0.251 e. The van der Waals surface area contributed by atoms with Crippen molar-refractivity contribution in [1.29, 1.82) is 0 Å². The van der Waals surface area contributed by atoms with E-state index in [2.05, 4.69) is 4.90 Å². The van der Waals surface area contributed by atoms with Crippen molar-refractivity contribution < 1.29 is 9.90 Å². The normalized spacial score (nSPS) is 21.2. The molecule has 4 rings (SSSR count). The zero-order valence-corrected chi connectivity index (χ0v) is 19.6. The molecule has 31 heavy (non-hydrogen) atoms. The average molecular weight is 482 g/mol. The largest absolute Gasteiger partial charge is 0.383 e. The number of carbonyl (C=O) groups is 1. The Balaban J connectivity index is 1.59. The van der Waals surface area contributed by atoms with E-state index in [1.165, 1.54) is 6.42 Å². The van der Waals surface area contributed by atoms with E-state index in [-0.39, 0.29) is 17.9 Å². The average Bonchev–Trinajstić information content (AvgIpc) is 2.79. The zero-order valence-electron chi connectivity index (χ0n) is 17.3. The van der Waals surface area contributed by atoms with Crippen LogP contribution in [0.4, 0.5) is 5.69 Å². The van der Waals surface area contributed by atoms with Crippen LogP contribution >= 0.6 is 34.8 Å². The van der Waals surface area contributed by atoms with Gasteiger partial charge < -0.3 is 14.9 Å². The van der Waals surface area contributed by atoms with E-state index in [4.69, 9.17) is 34.8 Å². The third-order valence-corrected chi connectivity index (χ3v) is 7.31. The number of piperazine rings is 1. The maximum absolute atomic E-state index is 13.2.